The standard InChI is InChI=1S/C26H33NO5/c1-6-30-24-23(28-4)19(3)31-26(25(24)29-5)32-27-17-22-15-13-21(14-16-22)12-11-20-9-7-18(2)8-10-20/h7-17,19,23-26H,6H2,1-5H3/b12-11+,27-17-/t19-,23-,24+,25+,26-/m0/s1. The number of rotatable bonds is 9. The molecule has 0 amide bonds. The van der Waals surface area contributed by atoms with Gasteiger partial charge in [0.2, 0.25) is 0 Å². The van der Waals surface area contributed by atoms with Crippen LogP contribution in [0.1, 0.15) is 36.1 Å². The minimum absolute atomic E-state index is 0.220. The molecule has 0 unspecified atom stereocenters. The van der Waals surface area contributed by atoms with E-state index in [2.05, 4.69) is 48.5 Å². The van der Waals surface area contributed by atoms with E-state index < -0.39 is 12.4 Å². The predicted octanol–water partition coefficient (Wildman–Crippen LogP) is 4.70. The summed E-state index contributed by atoms with van der Waals surface area (Å²) in [5.41, 5.74) is 4.46. The maximum Gasteiger partial charge on any atom is 0.256 e. The van der Waals surface area contributed by atoms with E-state index in [1.54, 1.807) is 20.4 Å². The molecule has 1 aliphatic rings. The van der Waals surface area contributed by atoms with Gasteiger partial charge in [-0.1, -0.05) is 71.4 Å². The summed E-state index contributed by atoms with van der Waals surface area (Å²) in [7, 11) is 3.24. The molecule has 0 bridgehead atoms. The van der Waals surface area contributed by atoms with Gasteiger partial charge in [0, 0.05) is 20.8 Å². The monoisotopic (exact) mass is 439 g/mol. The zero-order valence-electron chi connectivity index (χ0n) is 19.4. The number of aryl methyl sites for hydroxylation is 1. The second-order valence-corrected chi connectivity index (χ2v) is 7.78. The molecule has 0 aliphatic carbocycles. The molecule has 1 aliphatic heterocycles. The Morgan fingerprint density at radius 1 is 0.844 bits per heavy atom. The van der Waals surface area contributed by atoms with Crippen molar-refractivity contribution in [1.29, 1.82) is 0 Å². The highest BCUT2D eigenvalue weighted by Gasteiger charge is 2.47. The molecule has 3 rings (SSSR count). The quantitative estimate of drug-likeness (QED) is 0.322. The molecule has 5 atom stereocenters. The van der Waals surface area contributed by atoms with Gasteiger partial charge in [0.25, 0.3) is 6.29 Å². The van der Waals surface area contributed by atoms with Gasteiger partial charge in [-0.15, -0.1) is 0 Å². The van der Waals surface area contributed by atoms with Crippen LogP contribution in [-0.2, 0) is 23.8 Å². The Morgan fingerprint density at radius 2 is 1.41 bits per heavy atom. The van der Waals surface area contributed by atoms with Crippen LogP contribution in [0.5, 0.6) is 0 Å². The van der Waals surface area contributed by atoms with E-state index in [4.69, 9.17) is 23.8 Å². The average molecular weight is 440 g/mol. The van der Waals surface area contributed by atoms with Gasteiger partial charge in [0.05, 0.1) is 12.3 Å². The number of nitrogens with zero attached hydrogens (tertiary/aromatic N) is 1. The first-order chi connectivity index (χ1) is 15.5. The minimum Gasteiger partial charge on any atom is -0.376 e. The number of ether oxygens (including phenoxy) is 4. The summed E-state index contributed by atoms with van der Waals surface area (Å²) < 4.78 is 23.0. The lowest BCUT2D eigenvalue weighted by atomic mass is 9.99. The van der Waals surface area contributed by atoms with Crippen molar-refractivity contribution < 1.29 is 23.8 Å². The van der Waals surface area contributed by atoms with E-state index in [9.17, 15) is 0 Å². The van der Waals surface area contributed by atoms with Crippen molar-refractivity contribution in [3.05, 3.63) is 70.8 Å². The number of benzene rings is 2. The first-order valence-corrected chi connectivity index (χ1v) is 10.9. The van der Waals surface area contributed by atoms with Crippen LogP contribution in [0.3, 0.4) is 0 Å². The molecule has 172 valence electrons. The number of methoxy groups -OCH3 is 2. The zero-order chi connectivity index (χ0) is 22.9. The van der Waals surface area contributed by atoms with Crippen LogP contribution >= 0.6 is 0 Å². The van der Waals surface area contributed by atoms with E-state index in [0.717, 1.165) is 11.1 Å². The van der Waals surface area contributed by atoms with Crippen LogP contribution in [0.15, 0.2) is 53.7 Å². The maximum absolute atomic E-state index is 5.93. The summed E-state index contributed by atoms with van der Waals surface area (Å²) in [5.74, 6) is 0. The van der Waals surface area contributed by atoms with Crippen molar-refractivity contribution in [2.45, 2.75) is 51.5 Å². The number of oxime groups is 1. The molecule has 2 aromatic carbocycles. The molecule has 1 fully saturated rings. The normalized spacial score (nSPS) is 26.1. The van der Waals surface area contributed by atoms with Gasteiger partial charge < -0.3 is 23.8 Å². The molecule has 2 aromatic rings. The second kappa shape index (κ2) is 11.9. The Bertz CT molecular complexity index is 878. The van der Waals surface area contributed by atoms with Crippen molar-refractivity contribution in [3.8, 4) is 0 Å². The van der Waals surface area contributed by atoms with Crippen molar-refractivity contribution in [2.75, 3.05) is 20.8 Å². The third kappa shape index (κ3) is 6.26. The van der Waals surface area contributed by atoms with Gasteiger partial charge in [0.1, 0.15) is 12.2 Å². The second-order valence-electron chi connectivity index (χ2n) is 7.78. The van der Waals surface area contributed by atoms with Gasteiger partial charge in [-0.3, -0.25) is 0 Å². The van der Waals surface area contributed by atoms with Crippen LogP contribution in [-0.4, -0.2) is 57.7 Å². The molecule has 32 heavy (non-hydrogen) atoms. The fourth-order valence-electron chi connectivity index (χ4n) is 3.73. The predicted molar refractivity (Wildman–Crippen MR) is 127 cm³/mol. The van der Waals surface area contributed by atoms with Gasteiger partial charge in [-0.05, 0) is 37.5 Å². The van der Waals surface area contributed by atoms with Crippen LogP contribution in [0, 0.1) is 6.92 Å². The molecule has 0 radical (unpaired) electrons. The highest BCUT2D eigenvalue weighted by molar-refractivity contribution is 5.80. The number of hydrogen-bond donors (Lipinski definition) is 0. The molecule has 6 heteroatoms. The highest BCUT2D eigenvalue weighted by Crippen LogP contribution is 2.28. The fourth-order valence-corrected chi connectivity index (χ4v) is 3.73. The largest absolute Gasteiger partial charge is 0.376 e. The molecule has 1 saturated heterocycles. The average Bonchev–Trinajstić information content (AvgIpc) is 2.80. The molecule has 0 saturated carbocycles. The van der Waals surface area contributed by atoms with Gasteiger partial charge in [-0.25, -0.2) is 0 Å². The van der Waals surface area contributed by atoms with E-state index in [1.807, 2.05) is 38.1 Å². The Kier molecular flexibility index (Phi) is 9.00. The molecule has 0 spiro atoms. The SMILES string of the molecule is CCO[C@@H]1[C@@H](OC)[C@H](C)O[C@@H](O/N=C\c2ccc(/C=C/c3ccc(C)cc3)cc2)[C@@H]1OC. The van der Waals surface area contributed by atoms with Crippen LogP contribution in [0.2, 0.25) is 0 Å². The lowest BCUT2D eigenvalue weighted by molar-refractivity contribution is -0.308. The van der Waals surface area contributed by atoms with Gasteiger partial charge in [0.15, 0.2) is 6.10 Å². The summed E-state index contributed by atoms with van der Waals surface area (Å²) in [6.07, 6.45) is 3.92. The summed E-state index contributed by atoms with van der Waals surface area (Å²) in [6.45, 7) is 6.49. The summed E-state index contributed by atoms with van der Waals surface area (Å²) in [6, 6.07) is 16.5. The molecular formula is C26H33NO5. The zero-order valence-corrected chi connectivity index (χ0v) is 19.4. The van der Waals surface area contributed by atoms with Gasteiger partial charge in [-0.2, -0.15) is 0 Å². The smallest absolute Gasteiger partial charge is 0.256 e. The summed E-state index contributed by atoms with van der Waals surface area (Å²) in [4.78, 5) is 5.65. The van der Waals surface area contributed by atoms with Crippen LogP contribution in [0.4, 0.5) is 0 Å². The lowest BCUT2D eigenvalue weighted by Gasteiger charge is -2.42. The Morgan fingerprint density at radius 3 is 1.97 bits per heavy atom. The molecule has 1 heterocycles. The van der Waals surface area contributed by atoms with E-state index in [-0.39, 0.29) is 18.3 Å². The Labute approximate surface area is 190 Å². The summed E-state index contributed by atoms with van der Waals surface area (Å²) >= 11 is 0. The van der Waals surface area contributed by atoms with Gasteiger partial charge >= 0.3 is 0 Å². The Hall–Kier alpha value is -2.51. The Balaban J connectivity index is 1.60. The minimum atomic E-state index is -0.689. The van der Waals surface area contributed by atoms with Crippen LogP contribution in [0.25, 0.3) is 12.2 Å². The molecular weight excluding hydrogens is 406 g/mol. The third-order valence-electron chi connectivity index (χ3n) is 5.48. The first-order valence-electron chi connectivity index (χ1n) is 10.9. The molecule has 6 nitrogen and oxygen atoms in total. The van der Waals surface area contributed by atoms with E-state index in [1.165, 1.54) is 11.1 Å². The summed E-state index contributed by atoms with van der Waals surface area (Å²) in [5, 5.41) is 4.13. The lowest BCUT2D eigenvalue weighted by Crippen LogP contribution is -2.59. The van der Waals surface area contributed by atoms with Crippen molar-refractivity contribution in [1.82, 2.24) is 0 Å². The number of hydrogen-bond acceptors (Lipinski definition) is 6. The van der Waals surface area contributed by atoms with E-state index >= 15 is 0 Å². The van der Waals surface area contributed by atoms with Crippen molar-refractivity contribution in [2.24, 2.45) is 5.16 Å². The molecule has 0 N–H and O–H groups in total. The fraction of sp³-hybridized carbons (Fsp3) is 0.423. The van der Waals surface area contributed by atoms with E-state index in [0.29, 0.717) is 6.61 Å². The first kappa shape index (κ1) is 24.1. The maximum atomic E-state index is 5.93. The topological polar surface area (TPSA) is 58.5 Å². The van der Waals surface area contributed by atoms with Crippen molar-refractivity contribution in [3.63, 3.8) is 0 Å². The van der Waals surface area contributed by atoms with Crippen molar-refractivity contribution >= 4 is 18.4 Å². The highest BCUT2D eigenvalue weighted by atomic mass is 16.8. The van der Waals surface area contributed by atoms with Crippen LogP contribution < -0.4 is 0 Å². The molecule has 0 aromatic heterocycles. The third-order valence-corrected chi connectivity index (χ3v) is 5.48.